The number of aryl methyl sites for hydroxylation is 1. The molecule has 88 valence electrons. The minimum Gasteiger partial charge on any atom is -0.445 e. The van der Waals surface area contributed by atoms with Crippen LogP contribution >= 0.6 is 15.9 Å². The molecule has 0 bridgehead atoms. The lowest BCUT2D eigenvalue weighted by atomic mass is 9.99. The van der Waals surface area contributed by atoms with Crippen LogP contribution < -0.4 is 0 Å². The molecule has 0 aliphatic carbocycles. The average molecular weight is 292 g/mol. The van der Waals surface area contributed by atoms with Gasteiger partial charge >= 0.3 is 0 Å². The molecule has 0 atom stereocenters. The third-order valence-electron chi connectivity index (χ3n) is 2.76. The van der Waals surface area contributed by atoms with Crippen molar-refractivity contribution >= 4 is 26.9 Å². The fourth-order valence-electron chi connectivity index (χ4n) is 2.08. The number of halogens is 1. The molecule has 1 aromatic carbocycles. The van der Waals surface area contributed by atoms with Crippen molar-refractivity contribution in [2.45, 2.75) is 27.2 Å². The van der Waals surface area contributed by atoms with Crippen LogP contribution in [0.3, 0.4) is 0 Å². The Morgan fingerprint density at radius 3 is 2.71 bits per heavy atom. The second-order valence-electron chi connectivity index (χ2n) is 4.72. The van der Waals surface area contributed by atoms with Crippen molar-refractivity contribution in [2.75, 3.05) is 0 Å². The van der Waals surface area contributed by atoms with Crippen molar-refractivity contribution in [3.8, 4) is 6.07 Å². The van der Waals surface area contributed by atoms with Crippen LogP contribution in [-0.2, 0) is 6.42 Å². The summed E-state index contributed by atoms with van der Waals surface area (Å²) in [7, 11) is 0. The first-order chi connectivity index (χ1) is 8.02. The van der Waals surface area contributed by atoms with E-state index in [1.807, 2.05) is 19.1 Å². The number of benzene rings is 1. The predicted octanol–water partition coefficient (Wildman–Crippen LogP) is 4.57. The highest BCUT2D eigenvalue weighted by Gasteiger charge is 2.16. The van der Waals surface area contributed by atoms with E-state index in [4.69, 9.17) is 9.68 Å². The van der Waals surface area contributed by atoms with Gasteiger partial charge in [-0.1, -0.05) is 29.8 Å². The van der Waals surface area contributed by atoms with Crippen LogP contribution in [-0.4, -0.2) is 0 Å². The van der Waals surface area contributed by atoms with Crippen molar-refractivity contribution in [1.82, 2.24) is 0 Å². The second kappa shape index (κ2) is 4.54. The van der Waals surface area contributed by atoms with E-state index in [1.54, 1.807) is 0 Å². The number of furan rings is 1. The standard InChI is InChI=1S/C14H14BrNO/c1-8(2)4-11-12-6-10(15)5-9(3)14(12)17-13(11)7-16/h5-6,8H,4H2,1-3H3. The van der Waals surface area contributed by atoms with Gasteiger partial charge in [-0.25, -0.2) is 0 Å². The quantitative estimate of drug-likeness (QED) is 0.812. The summed E-state index contributed by atoms with van der Waals surface area (Å²) in [6.07, 6.45) is 0.867. The highest BCUT2D eigenvalue weighted by molar-refractivity contribution is 9.10. The monoisotopic (exact) mass is 291 g/mol. The minimum absolute atomic E-state index is 0.454. The molecule has 1 aromatic heterocycles. The van der Waals surface area contributed by atoms with Crippen LogP contribution in [0.25, 0.3) is 11.0 Å². The van der Waals surface area contributed by atoms with Crippen molar-refractivity contribution in [1.29, 1.82) is 5.26 Å². The van der Waals surface area contributed by atoms with E-state index < -0.39 is 0 Å². The molecule has 17 heavy (non-hydrogen) atoms. The summed E-state index contributed by atoms with van der Waals surface area (Å²) in [6, 6.07) is 6.19. The third-order valence-corrected chi connectivity index (χ3v) is 3.21. The number of nitrogens with zero attached hydrogens (tertiary/aromatic N) is 1. The van der Waals surface area contributed by atoms with Crippen molar-refractivity contribution in [2.24, 2.45) is 5.92 Å². The summed E-state index contributed by atoms with van der Waals surface area (Å²) in [5.74, 6) is 0.956. The molecule has 0 aliphatic rings. The maximum atomic E-state index is 9.14. The molecule has 2 nitrogen and oxygen atoms in total. The molecular weight excluding hydrogens is 278 g/mol. The van der Waals surface area contributed by atoms with E-state index in [0.717, 1.165) is 33.0 Å². The second-order valence-corrected chi connectivity index (χ2v) is 5.63. The van der Waals surface area contributed by atoms with Gasteiger partial charge in [-0.3, -0.25) is 0 Å². The van der Waals surface area contributed by atoms with E-state index in [2.05, 4.69) is 35.8 Å². The molecule has 0 unspecified atom stereocenters. The highest BCUT2D eigenvalue weighted by atomic mass is 79.9. The highest BCUT2D eigenvalue weighted by Crippen LogP contribution is 2.32. The lowest BCUT2D eigenvalue weighted by molar-refractivity contribution is 0.577. The zero-order chi connectivity index (χ0) is 12.6. The maximum Gasteiger partial charge on any atom is 0.207 e. The first-order valence-electron chi connectivity index (χ1n) is 5.64. The Morgan fingerprint density at radius 1 is 1.41 bits per heavy atom. The molecule has 0 N–H and O–H groups in total. The van der Waals surface area contributed by atoms with Crippen molar-refractivity contribution < 1.29 is 4.42 Å². The van der Waals surface area contributed by atoms with Crippen LogP contribution in [0.2, 0.25) is 0 Å². The van der Waals surface area contributed by atoms with Gasteiger partial charge in [-0.05, 0) is 37.0 Å². The lowest BCUT2D eigenvalue weighted by Gasteiger charge is -2.03. The zero-order valence-corrected chi connectivity index (χ0v) is 11.8. The lowest BCUT2D eigenvalue weighted by Crippen LogP contribution is -1.95. The van der Waals surface area contributed by atoms with Gasteiger partial charge in [0.05, 0.1) is 0 Å². The largest absolute Gasteiger partial charge is 0.445 e. The van der Waals surface area contributed by atoms with Crippen LogP contribution in [0, 0.1) is 24.2 Å². The maximum absolute atomic E-state index is 9.14. The molecule has 2 rings (SSSR count). The molecule has 0 spiro atoms. The topological polar surface area (TPSA) is 36.9 Å². The first-order valence-corrected chi connectivity index (χ1v) is 6.44. The molecule has 0 aliphatic heterocycles. The number of hydrogen-bond donors (Lipinski definition) is 0. The molecule has 1 heterocycles. The average Bonchev–Trinajstić information content (AvgIpc) is 2.56. The fraction of sp³-hybridized carbons (Fsp3) is 0.357. The van der Waals surface area contributed by atoms with E-state index >= 15 is 0 Å². The predicted molar refractivity (Wildman–Crippen MR) is 71.9 cm³/mol. The minimum atomic E-state index is 0.454. The van der Waals surface area contributed by atoms with E-state index in [9.17, 15) is 0 Å². The van der Waals surface area contributed by atoms with Gasteiger partial charge in [-0.2, -0.15) is 5.26 Å². The molecule has 0 fully saturated rings. The smallest absolute Gasteiger partial charge is 0.207 e. The Kier molecular flexibility index (Phi) is 3.26. The van der Waals surface area contributed by atoms with Gasteiger partial charge in [0, 0.05) is 15.4 Å². The summed E-state index contributed by atoms with van der Waals surface area (Å²) < 4.78 is 6.68. The molecule has 0 amide bonds. The third kappa shape index (κ3) is 2.23. The Bertz CT molecular complexity index is 605. The van der Waals surface area contributed by atoms with E-state index in [1.165, 1.54) is 0 Å². The summed E-state index contributed by atoms with van der Waals surface area (Å²) >= 11 is 3.49. The van der Waals surface area contributed by atoms with Gasteiger partial charge < -0.3 is 4.42 Å². The van der Waals surface area contributed by atoms with Crippen molar-refractivity contribution in [3.63, 3.8) is 0 Å². The summed E-state index contributed by atoms with van der Waals surface area (Å²) in [5.41, 5.74) is 2.92. The SMILES string of the molecule is Cc1cc(Br)cc2c(CC(C)C)c(C#N)oc12. The fourth-order valence-corrected chi connectivity index (χ4v) is 2.65. The normalized spacial score (nSPS) is 11.1. The number of fused-ring (bicyclic) bond motifs is 1. The first kappa shape index (κ1) is 12.2. The summed E-state index contributed by atoms with van der Waals surface area (Å²) in [5, 5.41) is 10.2. The van der Waals surface area contributed by atoms with Gasteiger partial charge in [-0.15, -0.1) is 0 Å². The molecule has 0 saturated carbocycles. The van der Waals surface area contributed by atoms with E-state index in [0.29, 0.717) is 11.7 Å². The molecule has 0 saturated heterocycles. The summed E-state index contributed by atoms with van der Waals surface area (Å²) in [4.78, 5) is 0. The molecule has 2 aromatic rings. The van der Waals surface area contributed by atoms with Crippen LogP contribution in [0.1, 0.15) is 30.7 Å². The number of rotatable bonds is 2. The van der Waals surface area contributed by atoms with Crippen LogP contribution in [0.5, 0.6) is 0 Å². The molecule has 3 heteroatoms. The van der Waals surface area contributed by atoms with Gasteiger partial charge in [0.2, 0.25) is 5.76 Å². The number of hydrogen-bond acceptors (Lipinski definition) is 2. The van der Waals surface area contributed by atoms with Gasteiger partial charge in [0.25, 0.3) is 0 Å². The van der Waals surface area contributed by atoms with Crippen LogP contribution in [0.4, 0.5) is 0 Å². The van der Waals surface area contributed by atoms with Crippen molar-refractivity contribution in [3.05, 3.63) is 33.5 Å². The number of nitriles is 1. The Labute approximate surface area is 109 Å². The Hall–Kier alpha value is -1.27. The Balaban J connectivity index is 2.75. The van der Waals surface area contributed by atoms with E-state index in [-0.39, 0.29) is 0 Å². The molecule has 0 radical (unpaired) electrons. The van der Waals surface area contributed by atoms with Gasteiger partial charge in [0.1, 0.15) is 11.7 Å². The van der Waals surface area contributed by atoms with Crippen LogP contribution in [0.15, 0.2) is 21.0 Å². The van der Waals surface area contributed by atoms with Gasteiger partial charge in [0.15, 0.2) is 0 Å². The zero-order valence-electron chi connectivity index (χ0n) is 10.2. The Morgan fingerprint density at radius 2 is 2.12 bits per heavy atom. The molecular formula is C14H14BrNO. The summed E-state index contributed by atoms with van der Waals surface area (Å²) in [6.45, 7) is 6.28.